The lowest BCUT2D eigenvalue weighted by Gasteiger charge is -2.08. The molecule has 0 spiro atoms. The number of aryl methyl sites for hydroxylation is 1. The first kappa shape index (κ1) is 16.1. The van der Waals surface area contributed by atoms with Gasteiger partial charge in [-0.3, -0.25) is 20.4 Å². The van der Waals surface area contributed by atoms with Crippen molar-refractivity contribution in [1.82, 2.24) is 15.8 Å². The fourth-order valence-corrected chi connectivity index (χ4v) is 2.83. The Morgan fingerprint density at radius 1 is 1.04 bits per heavy atom. The molecular weight excluding hydrogens is 326 g/mol. The number of H-pyrrole nitrogens is 1. The molecule has 2 aromatic carbocycles. The summed E-state index contributed by atoms with van der Waals surface area (Å²) in [7, 11) is 0. The van der Waals surface area contributed by atoms with Gasteiger partial charge in [-0.25, -0.2) is 0 Å². The van der Waals surface area contributed by atoms with E-state index in [0.29, 0.717) is 10.6 Å². The number of hydrogen-bond donors (Lipinski definition) is 3. The van der Waals surface area contributed by atoms with Crippen molar-refractivity contribution in [3.8, 4) is 0 Å². The van der Waals surface area contributed by atoms with Gasteiger partial charge in [-0.1, -0.05) is 41.9 Å². The van der Waals surface area contributed by atoms with Gasteiger partial charge in [0.1, 0.15) is 0 Å². The highest BCUT2D eigenvalue weighted by Crippen LogP contribution is 2.22. The summed E-state index contributed by atoms with van der Waals surface area (Å²) in [5.74, 6) is -0.757. The van der Waals surface area contributed by atoms with E-state index in [1.165, 1.54) is 0 Å². The highest BCUT2D eigenvalue weighted by atomic mass is 35.5. The van der Waals surface area contributed by atoms with Crippen LogP contribution in [0.15, 0.2) is 48.5 Å². The molecule has 0 aliphatic rings. The maximum absolute atomic E-state index is 12.2. The van der Waals surface area contributed by atoms with Gasteiger partial charge in [0.25, 0.3) is 5.91 Å². The molecule has 0 atom stereocenters. The lowest BCUT2D eigenvalue weighted by Crippen LogP contribution is -2.42. The molecule has 24 heavy (non-hydrogen) atoms. The first-order chi connectivity index (χ1) is 11.6. The van der Waals surface area contributed by atoms with Crippen LogP contribution in [-0.2, 0) is 11.2 Å². The minimum atomic E-state index is -0.454. The Balaban J connectivity index is 1.67. The van der Waals surface area contributed by atoms with Crippen LogP contribution in [0.25, 0.3) is 10.9 Å². The topological polar surface area (TPSA) is 74.0 Å². The number of carbonyl (C=O) groups excluding carboxylic acids is 2. The molecule has 0 fully saturated rings. The first-order valence-electron chi connectivity index (χ1n) is 7.46. The zero-order valence-electron chi connectivity index (χ0n) is 13.0. The molecule has 3 rings (SSSR count). The predicted molar refractivity (Wildman–Crippen MR) is 93.8 cm³/mol. The zero-order chi connectivity index (χ0) is 17.1. The number of fused-ring (bicyclic) bond motifs is 1. The zero-order valence-corrected chi connectivity index (χ0v) is 13.8. The molecule has 1 aromatic heterocycles. The van der Waals surface area contributed by atoms with Crippen LogP contribution in [0.1, 0.15) is 21.6 Å². The van der Waals surface area contributed by atoms with Crippen molar-refractivity contribution >= 4 is 34.3 Å². The molecule has 0 bridgehead atoms. The average molecular weight is 342 g/mol. The molecule has 0 saturated heterocycles. The number of rotatable bonds is 3. The Kier molecular flexibility index (Phi) is 4.53. The van der Waals surface area contributed by atoms with Gasteiger partial charge in [-0.2, -0.15) is 0 Å². The normalized spacial score (nSPS) is 10.6. The summed E-state index contributed by atoms with van der Waals surface area (Å²) in [5, 5.41) is 1.33. The van der Waals surface area contributed by atoms with E-state index in [4.69, 9.17) is 11.6 Å². The summed E-state index contributed by atoms with van der Waals surface area (Å²) in [6.07, 6.45) is 0.165. The highest BCUT2D eigenvalue weighted by Gasteiger charge is 2.14. The lowest BCUT2D eigenvalue weighted by atomic mass is 10.1. The quantitative estimate of drug-likeness (QED) is 0.640. The van der Waals surface area contributed by atoms with Crippen LogP contribution < -0.4 is 10.9 Å². The number of aromatic nitrogens is 1. The fraction of sp³-hybridized carbons (Fsp3) is 0.111. The standard InChI is InChI=1S/C18H16ClN3O2/c1-11-14(12-6-3-5-9-16(12)20-11)10-17(23)21-22-18(24)13-7-2-4-8-15(13)19/h2-9,20H,10H2,1H3,(H,21,23)(H,22,24). The van der Waals surface area contributed by atoms with Crippen LogP contribution in [0.4, 0.5) is 0 Å². The van der Waals surface area contributed by atoms with E-state index < -0.39 is 5.91 Å². The molecule has 1 heterocycles. The molecule has 3 N–H and O–H groups in total. The Labute approximate surface area is 144 Å². The second kappa shape index (κ2) is 6.76. The molecular formula is C18H16ClN3O2. The van der Waals surface area contributed by atoms with Crippen molar-refractivity contribution in [3.63, 3.8) is 0 Å². The van der Waals surface area contributed by atoms with Crippen LogP contribution >= 0.6 is 11.6 Å². The maximum atomic E-state index is 12.2. The molecule has 0 aliphatic carbocycles. The molecule has 3 aromatic rings. The van der Waals surface area contributed by atoms with Gasteiger partial charge in [-0.05, 0) is 30.7 Å². The highest BCUT2D eigenvalue weighted by molar-refractivity contribution is 6.33. The van der Waals surface area contributed by atoms with Crippen molar-refractivity contribution in [1.29, 1.82) is 0 Å². The molecule has 0 unspecified atom stereocenters. The first-order valence-corrected chi connectivity index (χ1v) is 7.84. The van der Waals surface area contributed by atoms with Crippen molar-refractivity contribution < 1.29 is 9.59 Å². The van der Waals surface area contributed by atoms with Crippen molar-refractivity contribution in [2.45, 2.75) is 13.3 Å². The summed E-state index contributed by atoms with van der Waals surface area (Å²) >= 11 is 5.96. The van der Waals surface area contributed by atoms with Gasteiger partial charge < -0.3 is 4.98 Å². The van der Waals surface area contributed by atoms with Crippen LogP contribution in [0.3, 0.4) is 0 Å². The van der Waals surface area contributed by atoms with Crippen molar-refractivity contribution in [2.75, 3.05) is 0 Å². The molecule has 0 radical (unpaired) electrons. The number of halogens is 1. The van der Waals surface area contributed by atoms with E-state index in [2.05, 4.69) is 15.8 Å². The number of hydrogen-bond acceptors (Lipinski definition) is 2. The van der Waals surface area contributed by atoms with Gasteiger partial charge in [-0.15, -0.1) is 0 Å². The Hall–Kier alpha value is -2.79. The largest absolute Gasteiger partial charge is 0.358 e. The van der Waals surface area contributed by atoms with Gasteiger partial charge in [0, 0.05) is 16.6 Å². The smallest absolute Gasteiger partial charge is 0.271 e. The molecule has 2 amide bonds. The average Bonchev–Trinajstić information content (AvgIpc) is 2.89. The molecule has 5 nitrogen and oxygen atoms in total. The Morgan fingerprint density at radius 3 is 2.54 bits per heavy atom. The SMILES string of the molecule is Cc1[nH]c2ccccc2c1CC(=O)NNC(=O)c1ccccc1Cl. The van der Waals surface area contributed by atoms with Crippen LogP contribution in [-0.4, -0.2) is 16.8 Å². The summed E-state index contributed by atoms with van der Waals surface area (Å²) in [4.78, 5) is 27.4. The van der Waals surface area contributed by atoms with Crippen molar-refractivity contribution in [2.24, 2.45) is 0 Å². The van der Waals surface area contributed by atoms with E-state index in [0.717, 1.165) is 22.2 Å². The van der Waals surface area contributed by atoms with Crippen LogP contribution in [0.2, 0.25) is 5.02 Å². The fourth-order valence-electron chi connectivity index (χ4n) is 2.61. The number of benzene rings is 2. The number of aromatic amines is 1. The summed E-state index contributed by atoms with van der Waals surface area (Å²) in [6.45, 7) is 1.92. The number of hydrazine groups is 1. The van der Waals surface area contributed by atoms with E-state index in [9.17, 15) is 9.59 Å². The van der Waals surface area contributed by atoms with Crippen molar-refractivity contribution in [3.05, 3.63) is 70.4 Å². The van der Waals surface area contributed by atoms with Gasteiger partial charge in [0.15, 0.2) is 0 Å². The third kappa shape index (κ3) is 3.26. The number of nitrogens with one attached hydrogen (secondary N) is 3. The number of carbonyl (C=O) groups is 2. The minimum absolute atomic E-state index is 0.165. The second-order valence-electron chi connectivity index (χ2n) is 5.43. The van der Waals surface area contributed by atoms with E-state index >= 15 is 0 Å². The molecule has 0 aliphatic heterocycles. The lowest BCUT2D eigenvalue weighted by molar-refractivity contribution is -0.121. The minimum Gasteiger partial charge on any atom is -0.358 e. The van der Waals surface area contributed by atoms with Gasteiger partial charge in [0.2, 0.25) is 5.91 Å². The molecule has 122 valence electrons. The third-order valence-corrected chi connectivity index (χ3v) is 4.13. The van der Waals surface area contributed by atoms with Crippen LogP contribution in [0, 0.1) is 6.92 Å². The predicted octanol–water partition coefficient (Wildman–Crippen LogP) is 3.13. The maximum Gasteiger partial charge on any atom is 0.271 e. The molecule has 0 saturated carbocycles. The Morgan fingerprint density at radius 2 is 1.75 bits per heavy atom. The van der Waals surface area contributed by atoms with Crippen LogP contribution in [0.5, 0.6) is 0 Å². The third-order valence-electron chi connectivity index (χ3n) is 3.80. The van der Waals surface area contributed by atoms with E-state index in [-0.39, 0.29) is 12.3 Å². The van der Waals surface area contributed by atoms with E-state index in [1.807, 2.05) is 31.2 Å². The van der Waals surface area contributed by atoms with Gasteiger partial charge >= 0.3 is 0 Å². The summed E-state index contributed by atoms with van der Waals surface area (Å²) < 4.78 is 0. The molecule has 6 heteroatoms. The summed E-state index contributed by atoms with van der Waals surface area (Å²) in [6, 6.07) is 14.4. The monoisotopic (exact) mass is 341 g/mol. The van der Waals surface area contributed by atoms with E-state index in [1.54, 1.807) is 24.3 Å². The number of para-hydroxylation sites is 1. The Bertz CT molecular complexity index is 918. The second-order valence-corrected chi connectivity index (χ2v) is 5.84. The number of amides is 2. The summed E-state index contributed by atoms with van der Waals surface area (Å²) in [5.41, 5.74) is 7.95. The van der Waals surface area contributed by atoms with Gasteiger partial charge in [0.05, 0.1) is 17.0 Å².